The van der Waals surface area contributed by atoms with Gasteiger partial charge in [0.25, 0.3) is 0 Å². The maximum absolute atomic E-state index is 14.0. The highest BCUT2D eigenvalue weighted by atomic mass is 35.5. The second-order valence-electron chi connectivity index (χ2n) is 12.5. The van der Waals surface area contributed by atoms with Gasteiger partial charge in [-0.15, -0.1) is 0 Å². The first-order chi connectivity index (χ1) is 23.5. The number of piperazine rings is 1. The van der Waals surface area contributed by atoms with Crippen molar-refractivity contribution >= 4 is 46.6 Å². The molecule has 5 amide bonds. The van der Waals surface area contributed by atoms with Crippen molar-refractivity contribution in [2.45, 2.75) is 43.9 Å². The Morgan fingerprint density at radius 2 is 1.67 bits per heavy atom. The van der Waals surface area contributed by atoms with E-state index in [4.69, 9.17) is 17.3 Å². The number of nitrogens with one attached hydrogen (secondary N) is 2. The molecule has 2 saturated heterocycles. The number of piperidine rings is 1. The smallest absolute Gasteiger partial charge is 0.397 e. The van der Waals surface area contributed by atoms with Crippen LogP contribution in [0.2, 0.25) is 5.02 Å². The largest absolute Gasteiger partial charge is 0.418 e. The van der Waals surface area contributed by atoms with E-state index in [1.807, 2.05) is 41.3 Å². The third-order valence-electron chi connectivity index (χ3n) is 9.48. The van der Waals surface area contributed by atoms with E-state index in [1.54, 1.807) is 22.2 Å². The summed E-state index contributed by atoms with van der Waals surface area (Å²) in [5.74, 6) is -0.403. The molecule has 0 spiro atoms. The third kappa shape index (κ3) is 7.79. The van der Waals surface area contributed by atoms with Crippen molar-refractivity contribution in [3.8, 4) is 0 Å². The Bertz CT molecular complexity index is 1680. The zero-order valence-electron chi connectivity index (χ0n) is 26.8. The molecule has 0 aliphatic carbocycles. The molecule has 49 heavy (non-hydrogen) atoms. The van der Waals surface area contributed by atoms with Crippen molar-refractivity contribution in [1.29, 1.82) is 0 Å². The molecule has 1 aromatic heterocycles. The number of urea groups is 2. The third-order valence-corrected chi connectivity index (χ3v) is 9.80. The lowest BCUT2D eigenvalue weighted by Crippen LogP contribution is -2.58. The minimum Gasteiger partial charge on any atom is -0.397 e. The van der Waals surface area contributed by atoms with Crippen LogP contribution in [0.3, 0.4) is 0 Å². The van der Waals surface area contributed by atoms with Crippen molar-refractivity contribution < 1.29 is 27.6 Å². The number of pyridine rings is 1. The maximum atomic E-state index is 14.0. The van der Waals surface area contributed by atoms with Crippen LogP contribution in [0, 0.1) is 0 Å². The van der Waals surface area contributed by atoms with Crippen molar-refractivity contribution in [1.82, 2.24) is 25.0 Å². The number of hydrogen-bond donors (Lipinski definition) is 3. The van der Waals surface area contributed by atoms with Crippen LogP contribution in [0.5, 0.6) is 0 Å². The highest BCUT2D eigenvalue weighted by Gasteiger charge is 2.37. The first-order valence-electron chi connectivity index (χ1n) is 16.3. The fourth-order valence-corrected chi connectivity index (χ4v) is 7.02. The van der Waals surface area contributed by atoms with Gasteiger partial charge in [0, 0.05) is 82.0 Å². The molecular weight excluding hydrogens is 661 g/mol. The summed E-state index contributed by atoms with van der Waals surface area (Å²) >= 11 is 6.10. The first kappa shape index (κ1) is 34.2. The molecule has 0 saturated carbocycles. The molecule has 3 aliphatic heterocycles. The monoisotopic (exact) mass is 698 g/mol. The van der Waals surface area contributed by atoms with Crippen LogP contribution in [0.15, 0.2) is 60.9 Å². The number of nitrogens with zero attached hydrogens (tertiary/aromatic N) is 5. The Kier molecular flexibility index (Phi) is 10.0. The van der Waals surface area contributed by atoms with Gasteiger partial charge >= 0.3 is 18.2 Å². The fourth-order valence-electron chi connectivity index (χ4n) is 6.78. The number of anilines is 3. The molecule has 3 aromatic rings. The molecular formula is C34H38ClF3N8O3. The molecule has 2 aromatic carbocycles. The van der Waals surface area contributed by atoms with Crippen LogP contribution in [0.1, 0.15) is 29.5 Å². The number of nitrogens with two attached hydrogens (primary N) is 1. The van der Waals surface area contributed by atoms with E-state index in [0.717, 1.165) is 23.0 Å². The number of halogens is 4. The number of para-hydroxylation sites is 1. The van der Waals surface area contributed by atoms with Gasteiger partial charge in [0.2, 0.25) is 5.91 Å². The predicted molar refractivity (Wildman–Crippen MR) is 180 cm³/mol. The number of fused-ring (bicyclic) bond motifs is 1. The summed E-state index contributed by atoms with van der Waals surface area (Å²) in [5, 5.41) is 5.52. The lowest BCUT2D eigenvalue weighted by molar-refractivity contribution is -0.137. The number of amides is 5. The zero-order valence-corrected chi connectivity index (χ0v) is 27.5. The van der Waals surface area contributed by atoms with Crippen molar-refractivity contribution in [3.63, 3.8) is 0 Å². The van der Waals surface area contributed by atoms with Gasteiger partial charge in [-0.1, -0.05) is 29.8 Å². The number of rotatable bonds is 6. The molecule has 11 nitrogen and oxygen atoms in total. The normalized spacial score (nSPS) is 18.0. The number of benzene rings is 2. The van der Waals surface area contributed by atoms with Gasteiger partial charge in [0.1, 0.15) is 6.04 Å². The molecule has 15 heteroatoms. The average Bonchev–Trinajstić information content (AvgIpc) is 3.27. The maximum Gasteiger partial charge on any atom is 0.418 e. The van der Waals surface area contributed by atoms with Crippen LogP contribution in [0.25, 0.3) is 0 Å². The minimum absolute atomic E-state index is 0.0785. The second kappa shape index (κ2) is 14.4. The summed E-state index contributed by atoms with van der Waals surface area (Å²) in [6, 6.07) is 11.7. The van der Waals surface area contributed by atoms with E-state index >= 15 is 0 Å². The lowest BCUT2D eigenvalue weighted by Gasteiger charge is -2.39. The number of alkyl halides is 3. The van der Waals surface area contributed by atoms with Crippen LogP contribution >= 0.6 is 11.6 Å². The summed E-state index contributed by atoms with van der Waals surface area (Å²) in [6.07, 6.45) is 0.189. The van der Waals surface area contributed by atoms with Crippen molar-refractivity contribution in [3.05, 3.63) is 82.6 Å². The van der Waals surface area contributed by atoms with Gasteiger partial charge in [0.05, 0.1) is 16.3 Å². The number of aromatic nitrogens is 1. The van der Waals surface area contributed by atoms with E-state index in [0.29, 0.717) is 65.1 Å². The molecule has 0 radical (unpaired) electrons. The molecule has 2 fully saturated rings. The van der Waals surface area contributed by atoms with E-state index in [1.165, 1.54) is 6.07 Å². The van der Waals surface area contributed by atoms with Gasteiger partial charge < -0.3 is 36.0 Å². The minimum atomic E-state index is -4.76. The van der Waals surface area contributed by atoms with Gasteiger partial charge in [0.15, 0.2) is 0 Å². The summed E-state index contributed by atoms with van der Waals surface area (Å²) in [7, 11) is 0. The fraction of sp³-hybridized carbons (Fsp3) is 0.412. The van der Waals surface area contributed by atoms with Gasteiger partial charge in [-0.3, -0.25) is 9.78 Å². The topological polar surface area (TPSA) is 127 Å². The van der Waals surface area contributed by atoms with Crippen LogP contribution in [0.4, 0.5) is 39.8 Å². The Hall–Kier alpha value is -4.72. The number of hydrogen-bond acceptors (Lipinski definition) is 6. The molecule has 1 atom stereocenters. The second-order valence-corrected chi connectivity index (χ2v) is 12.9. The van der Waals surface area contributed by atoms with Crippen LogP contribution < -0.4 is 21.3 Å². The van der Waals surface area contributed by atoms with Crippen LogP contribution in [-0.2, 0) is 23.8 Å². The number of nitrogen functional groups attached to an aromatic ring is 1. The first-order valence-corrected chi connectivity index (χ1v) is 16.7. The average molecular weight is 699 g/mol. The van der Waals surface area contributed by atoms with Crippen molar-refractivity contribution in [2.75, 3.05) is 61.8 Å². The highest BCUT2D eigenvalue weighted by molar-refractivity contribution is 6.33. The summed E-state index contributed by atoms with van der Waals surface area (Å²) < 4.78 is 41.3. The Labute approximate surface area is 287 Å². The molecule has 0 bridgehead atoms. The van der Waals surface area contributed by atoms with E-state index in [2.05, 4.69) is 20.5 Å². The number of likely N-dealkylation sites (tertiary alicyclic amines) is 1. The van der Waals surface area contributed by atoms with Gasteiger partial charge in [-0.2, -0.15) is 13.2 Å². The summed E-state index contributed by atoms with van der Waals surface area (Å²) in [6.45, 7) is 3.01. The van der Waals surface area contributed by atoms with Crippen LogP contribution in [-0.4, -0.2) is 95.6 Å². The number of carbonyl (C=O) groups excluding carboxylic acids is 3. The van der Waals surface area contributed by atoms with E-state index < -0.39 is 35.4 Å². The SMILES string of the molecule is Nc1c(Cl)cc(C[C@@H](NC(=O)N2CCC(N3CCc4ccccc4NC3=O)CC2)C(=O)N2CCN(c3ccncc3)CC2)cc1C(F)(F)F. The van der Waals surface area contributed by atoms with E-state index in [-0.39, 0.29) is 29.1 Å². The molecule has 260 valence electrons. The Morgan fingerprint density at radius 1 is 0.980 bits per heavy atom. The molecule has 3 aliphatic rings. The quantitative estimate of drug-likeness (QED) is 0.316. The van der Waals surface area contributed by atoms with Crippen molar-refractivity contribution in [2.24, 2.45) is 0 Å². The van der Waals surface area contributed by atoms with Gasteiger partial charge in [-0.05, 0) is 60.7 Å². The molecule has 0 unspecified atom stereocenters. The number of carbonyl (C=O) groups is 3. The Morgan fingerprint density at radius 3 is 2.37 bits per heavy atom. The summed E-state index contributed by atoms with van der Waals surface area (Å²) in [5.41, 5.74) is 6.90. The predicted octanol–water partition coefficient (Wildman–Crippen LogP) is 4.86. The lowest BCUT2D eigenvalue weighted by atomic mass is 10.00. The molecule has 6 rings (SSSR count). The standard InChI is InChI=1S/C34H38ClF3N8O3/c35-27-20-22(19-26(30(27)39)34(36,37)38)21-29(31(47)44-17-15-43(16-18-44)24-5-10-40-11-6-24)42-32(48)45-12-8-25(9-13-45)46-14-7-23-3-1-2-4-28(23)41-33(46)49/h1-6,10-11,19-20,25,29H,7-9,12-18,21,39H2,(H,41,49)(H,42,48)/t29-/m1/s1. The van der Waals surface area contributed by atoms with Gasteiger partial charge in [-0.25, -0.2) is 9.59 Å². The Balaban J connectivity index is 1.14. The zero-order chi connectivity index (χ0) is 34.7. The molecule has 4 heterocycles. The van der Waals surface area contributed by atoms with E-state index in [9.17, 15) is 27.6 Å². The molecule has 4 N–H and O–H groups in total. The highest BCUT2D eigenvalue weighted by Crippen LogP contribution is 2.38. The summed E-state index contributed by atoms with van der Waals surface area (Å²) in [4.78, 5) is 51.8.